The zero-order chi connectivity index (χ0) is 20.1. The Balaban J connectivity index is 1.66. The van der Waals surface area contributed by atoms with Crippen molar-refractivity contribution >= 4 is 48.9 Å². The highest BCUT2D eigenvalue weighted by atomic mass is 79.9. The largest absolute Gasteiger partial charge is 0.372 e. The third-order valence-corrected chi connectivity index (χ3v) is 6.34. The molecule has 1 fully saturated rings. The smallest absolute Gasteiger partial charge is 0.245 e. The number of hydrogen-bond donors (Lipinski definition) is 1. The lowest BCUT2D eigenvalue weighted by Crippen LogP contribution is -2.37. The van der Waals surface area contributed by atoms with Crippen LogP contribution in [0.4, 0.5) is 17.1 Å². The fourth-order valence-electron chi connectivity index (χ4n) is 3.25. The van der Waals surface area contributed by atoms with Gasteiger partial charge >= 0.3 is 0 Å². The average Bonchev–Trinajstić information content (AvgIpc) is 2.67. The van der Waals surface area contributed by atoms with Gasteiger partial charge in [0.25, 0.3) is 0 Å². The van der Waals surface area contributed by atoms with Crippen LogP contribution in [0.1, 0.15) is 19.3 Å². The number of amides is 1. The van der Waals surface area contributed by atoms with E-state index in [1.165, 1.54) is 19.3 Å². The zero-order valence-corrected chi connectivity index (χ0v) is 18.2. The van der Waals surface area contributed by atoms with Crippen LogP contribution < -0.4 is 14.5 Å². The average molecular weight is 466 g/mol. The van der Waals surface area contributed by atoms with E-state index in [4.69, 9.17) is 0 Å². The number of carbonyl (C=O) groups excluding carboxylic acids is 1. The molecule has 0 aliphatic carbocycles. The molecule has 150 valence electrons. The molecule has 28 heavy (non-hydrogen) atoms. The molecule has 2 aromatic rings. The van der Waals surface area contributed by atoms with Crippen molar-refractivity contribution in [1.82, 2.24) is 0 Å². The molecule has 0 bridgehead atoms. The van der Waals surface area contributed by atoms with Gasteiger partial charge in [-0.15, -0.1) is 0 Å². The van der Waals surface area contributed by atoms with Crippen LogP contribution >= 0.6 is 15.9 Å². The van der Waals surface area contributed by atoms with E-state index >= 15 is 0 Å². The van der Waals surface area contributed by atoms with Crippen molar-refractivity contribution in [2.24, 2.45) is 0 Å². The van der Waals surface area contributed by atoms with E-state index in [9.17, 15) is 13.2 Å². The highest BCUT2D eigenvalue weighted by Gasteiger charge is 2.21. The Morgan fingerprint density at radius 3 is 2.21 bits per heavy atom. The van der Waals surface area contributed by atoms with Crippen LogP contribution in [0.3, 0.4) is 0 Å². The van der Waals surface area contributed by atoms with Crippen LogP contribution in [-0.2, 0) is 14.8 Å². The van der Waals surface area contributed by atoms with Gasteiger partial charge in [0.15, 0.2) is 0 Å². The predicted molar refractivity (Wildman–Crippen MR) is 117 cm³/mol. The van der Waals surface area contributed by atoms with Crippen LogP contribution in [0.5, 0.6) is 0 Å². The maximum Gasteiger partial charge on any atom is 0.245 e. The highest BCUT2D eigenvalue weighted by molar-refractivity contribution is 9.10. The van der Waals surface area contributed by atoms with Gasteiger partial charge in [-0.3, -0.25) is 9.10 Å². The van der Waals surface area contributed by atoms with Crippen molar-refractivity contribution < 1.29 is 13.2 Å². The third-order valence-electron chi connectivity index (χ3n) is 4.67. The van der Waals surface area contributed by atoms with Gasteiger partial charge in [0.2, 0.25) is 15.9 Å². The summed E-state index contributed by atoms with van der Waals surface area (Å²) in [7, 11) is -3.59. The maximum atomic E-state index is 12.5. The summed E-state index contributed by atoms with van der Waals surface area (Å²) in [4.78, 5) is 14.8. The number of nitrogens with one attached hydrogen (secondary N) is 1. The third kappa shape index (κ3) is 5.48. The lowest BCUT2D eigenvalue weighted by molar-refractivity contribution is -0.114. The quantitative estimate of drug-likeness (QED) is 0.703. The molecule has 1 amide bonds. The van der Waals surface area contributed by atoms with Crippen molar-refractivity contribution in [2.75, 3.05) is 40.4 Å². The number of carbonyl (C=O) groups is 1. The molecular weight excluding hydrogens is 442 g/mol. The second kappa shape index (κ2) is 8.96. The standard InChI is InChI=1S/C20H24BrN3O3S/c1-28(26,27)24(19-9-5-16(21)6-10-19)15-20(25)22-17-7-11-18(12-8-17)23-13-3-2-4-14-23/h5-12H,2-4,13-15H2,1H3,(H,22,25). The van der Waals surface area contributed by atoms with Gasteiger partial charge in [0, 0.05) is 28.9 Å². The van der Waals surface area contributed by atoms with Crippen LogP contribution in [0.25, 0.3) is 0 Å². The molecular formula is C20H24BrN3O3S. The summed E-state index contributed by atoms with van der Waals surface area (Å²) in [5.74, 6) is -0.390. The van der Waals surface area contributed by atoms with Crippen molar-refractivity contribution in [3.05, 3.63) is 53.0 Å². The lowest BCUT2D eigenvalue weighted by atomic mass is 10.1. The van der Waals surface area contributed by atoms with Crippen LogP contribution in [-0.4, -0.2) is 40.2 Å². The molecule has 0 aromatic heterocycles. The minimum Gasteiger partial charge on any atom is -0.372 e. The van der Waals surface area contributed by atoms with E-state index in [0.717, 1.165) is 33.8 Å². The summed E-state index contributed by atoms with van der Waals surface area (Å²) < 4.78 is 26.2. The number of piperidine rings is 1. The number of nitrogens with zero attached hydrogens (tertiary/aromatic N) is 2. The molecule has 8 heteroatoms. The monoisotopic (exact) mass is 465 g/mol. The van der Waals surface area contributed by atoms with Gasteiger partial charge in [-0.1, -0.05) is 15.9 Å². The van der Waals surface area contributed by atoms with E-state index in [-0.39, 0.29) is 12.5 Å². The number of benzene rings is 2. The summed E-state index contributed by atoms with van der Waals surface area (Å²) in [5.41, 5.74) is 2.24. The minimum absolute atomic E-state index is 0.283. The van der Waals surface area contributed by atoms with Crippen molar-refractivity contribution in [3.63, 3.8) is 0 Å². The SMILES string of the molecule is CS(=O)(=O)N(CC(=O)Nc1ccc(N2CCCCC2)cc1)c1ccc(Br)cc1. The highest BCUT2D eigenvalue weighted by Crippen LogP contribution is 2.23. The maximum absolute atomic E-state index is 12.5. The Hall–Kier alpha value is -2.06. The molecule has 0 spiro atoms. The number of sulfonamides is 1. The van der Waals surface area contributed by atoms with Crippen LogP contribution in [0.2, 0.25) is 0 Å². The molecule has 0 atom stereocenters. The van der Waals surface area contributed by atoms with Gasteiger partial charge in [-0.25, -0.2) is 8.42 Å². The molecule has 1 N–H and O–H groups in total. The van der Waals surface area contributed by atoms with E-state index in [1.54, 1.807) is 24.3 Å². The summed E-state index contributed by atoms with van der Waals surface area (Å²) >= 11 is 3.32. The Morgan fingerprint density at radius 1 is 1.04 bits per heavy atom. The summed E-state index contributed by atoms with van der Waals surface area (Å²) in [6, 6.07) is 14.5. The molecule has 1 aliphatic heterocycles. The Kier molecular flexibility index (Phi) is 6.61. The van der Waals surface area contributed by atoms with Crippen molar-refractivity contribution in [2.45, 2.75) is 19.3 Å². The Bertz CT molecular complexity index is 909. The first-order valence-electron chi connectivity index (χ1n) is 9.21. The predicted octanol–water partition coefficient (Wildman–Crippen LogP) is 3.84. The molecule has 6 nitrogen and oxygen atoms in total. The van der Waals surface area contributed by atoms with Crippen molar-refractivity contribution in [3.8, 4) is 0 Å². The van der Waals surface area contributed by atoms with Gasteiger partial charge < -0.3 is 10.2 Å². The zero-order valence-electron chi connectivity index (χ0n) is 15.8. The number of rotatable bonds is 6. The fourth-order valence-corrected chi connectivity index (χ4v) is 4.37. The number of hydrogen-bond acceptors (Lipinski definition) is 4. The topological polar surface area (TPSA) is 69.7 Å². The second-order valence-electron chi connectivity index (χ2n) is 6.89. The van der Waals surface area contributed by atoms with Crippen LogP contribution in [0.15, 0.2) is 53.0 Å². The molecule has 3 rings (SSSR count). The van der Waals surface area contributed by atoms with Crippen LogP contribution in [0, 0.1) is 0 Å². The second-order valence-corrected chi connectivity index (χ2v) is 9.71. The van der Waals surface area contributed by atoms with Crippen molar-refractivity contribution in [1.29, 1.82) is 0 Å². The first-order valence-corrected chi connectivity index (χ1v) is 11.9. The summed E-state index contributed by atoms with van der Waals surface area (Å²) in [6.45, 7) is 1.83. The summed E-state index contributed by atoms with van der Waals surface area (Å²) in [6.07, 6.45) is 4.78. The lowest BCUT2D eigenvalue weighted by Gasteiger charge is -2.28. The molecule has 0 unspecified atom stereocenters. The van der Waals surface area contributed by atoms with Gasteiger partial charge in [-0.2, -0.15) is 0 Å². The Labute approximate surface area is 174 Å². The Morgan fingerprint density at radius 2 is 1.64 bits per heavy atom. The van der Waals surface area contributed by atoms with Gasteiger partial charge in [-0.05, 0) is 67.8 Å². The minimum atomic E-state index is -3.59. The fraction of sp³-hybridized carbons (Fsp3) is 0.350. The van der Waals surface area contributed by atoms with E-state index in [2.05, 4.69) is 26.1 Å². The molecule has 0 radical (unpaired) electrons. The van der Waals surface area contributed by atoms with E-state index in [1.807, 2.05) is 24.3 Å². The molecule has 2 aromatic carbocycles. The number of anilines is 3. The summed E-state index contributed by atoms with van der Waals surface area (Å²) in [5, 5.41) is 2.78. The molecule has 1 heterocycles. The van der Waals surface area contributed by atoms with E-state index in [0.29, 0.717) is 11.4 Å². The number of halogens is 1. The van der Waals surface area contributed by atoms with E-state index < -0.39 is 10.0 Å². The molecule has 1 aliphatic rings. The normalized spacial score (nSPS) is 14.6. The molecule has 0 saturated carbocycles. The first kappa shape index (κ1) is 20.7. The van der Waals surface area contributed by atoms with Gasteiger partial charge in [0.1, 0.15) is 6.54 Å². The molecule has 1 saturated heterocycles. The first-order chi connectivity index (χ1) is 13.3. The van der Waals surface area contributed by atoms with Gasteiger partial charge in [0.05, 0.1) is 11.9 Å².